The van der Waals surface area contributed by atoms with Crippen molar-refractivity contribution in [2.75, 3.05) is 5.32 Å². The van der Waals surface area contributed by atoms with Crippen LogP contribution in [0.1, 0.15) is 18.4 Å². The number of hydrogen-bond acceptors (Lipinski definition) is 1. The van der Waals surface area contributed by atoms with Crippen LogP contribution in [0, 0.1) is 29.6 Å². The van der Waals surface area contributed by atoms with Gasteiger partial charge in [0, 0.05) is 22.2 Å². The highest BCUT2D eigenvalue weighted by Gasteiger charge is 2.59. The third-order valence-electron chi connectivity index (χ3n) is 3.53. The summed E-state index contributed by atoms with van der Waals surface area (Å²) in [6.45, 7) is 0. The van der Waals surface area contributed by atoms with E-state index in [4.69, 9.17) is 11.6 Å². The predicted molar refractivity (Wildman–Crippen MR) is 79.6 cm³/mol. The predicted octanol–water partition coefficient (Wildman–Crippen LogP) is 3.65. The van der Waals surface area contributed by atoms with Gasteiger partial charge in [-0.3, -0.25) is 0 Å². The molecule has 1 aliphatic carbocycles. The van der Waals surface area contributed by atoms with E-state index in [-0.39, 0.29) is 22.2 Å². The lowest BCUT2D eigenvalue weighted by molar-refractivity contribution is -0.178. The molecule has 118 valence electrons. The molecule has 0 unspecified atom stereocenters. The van der Waals surface area contributed by atoms with Gasteiger partial charge in [0.05, 0.1) is 0 Å². The molecule has 0 spiro atoms. The van der Waals surface area contributed by atoms with Gasteiger partial charge in [-0.2, -0.15) is 13.2 Å². The summed E-state index contributed by atoms with van der Waals surface area (Å²) in [5, 5.41) is 4.31. The van der Waals surface area contributed by atoms with Crippen molar-refractivity contribution in [1.82, 2.24) is 5.32 Å². The average Bonchev–Trinajstić information content (AvgIpc) is 3.27. The van der Waals surface area contributed by atoms with Crippen molar-refractivity contribution < 1.29 is 18.0 Å². The third-order valence-corrected chi connectivity index (χ3v) is 3.76. The Morgan fingerprint density at radius 3 is 2.65 bits per heavy atom. The Morgan fingerprint density at radius 1 is 1.26 bits per heavy atom. The standard InChI is InChI=1S/C16H10ClF3N2O/c17-11-6-7-13-12(9-11)15(16(18,19)20,22-14(23)21-13)8-2-1-3-10-4-5-10/h6-7,9-10H,4-5H2,(H2,21,22,23)/t15-/m1/s1. The summed E-state index contributed by atoms with van der Waals surface area (Å²) in [5.41, 5.74) is -3.08. The van der Waals surface area contributed by atoms with Crippen LogP contribution in [0.25, 0.3) is 0 Å². The summed E-state index contributed by atoms with van der Waals surface area (Å²) < 4.78 is 41.2. The van der Waals surface area contributed by atoms with Crippen LogP contribution in [0.5, 0.6) is 0 Å². The molecule has 1 aliphatic heterocycles. The van der Waals surface area contributed by atoms with Crippen molar-refractivity contribution in [2.24, 2.45) is 5.92 Å². The van der Waals surface area contributed by atoms with E-state index in [1.165, 1.54) is 12.1 Å². The monoisotopic (exact) mass is 338 g/mol. The van der Waals surface area contributed by atoms with Gasteiger partial charge < -0.3 is 10.6 Å². The number of carbonyl (C=O) groups excluding carboxylic acids is 1. The molecule has 2 N–H and O–H groups in total. The van der Waals surface area contributed by atoms with Crippen molar-refractivity contribution in [3.8, 4) is 23.7 Å². The van der Waals surface area contributed by atoms with E-state index in [0.717, 1.165) is 18.9 Å². The molecule has 23 heavy (non-hydrogen) atoms. The fourth-order valence-corrected chi connectivity index (χ4v) is 2.38. The van der Waals surface area contributed by atoms with Crippen LogP contribution in [-0.4, -0.2) is 12.2 Å². The maximum atomic E-state index is 13.7. The molecule has 0 radical (unpaired) electrons. The molecule has 3 rings (SSSR count). The lowest BCUT2D eigenvalue weighted by atomic mass is 9.86. The highest BCUT2D eigenvalue weighted by Crippen LogP contribution is 2.44. The Balaban J connectivity index is 2.14. The summed E-state index contributed by atoms with van der Waals surface area (Å²) in [6.07, 6.45) is -2.95. The summed E-state index contributed by atoms with van der Waals surface area (Å²) in [6, 6.07) is 2.86. The number of benzene rings is 1. The largest absolute Gasteiger partial charge is 0.427 e. The third kappa shape index (κ3) is 2.95. The Morgan fingerprint density at radius 2 is 2.00 bits per heavy atom. The molecular formula is C16H10ClF3N2O. The fraction of sp³-hybridized carbons (Fsp3) is 0.312. The lowest BCUT2D eigenvalue weighted by Crippen LogP contribution is -2.59. The Kier molecular flexibility index (Phi) is 3.66. The Hall–Kier alpha value is -2.31. The summed E-state index contributed by atoms with van der Waals surface area (Å²) >= 11 is 5.82. The number of anilines is 1. The van der Waals surface area contributed by atoms with Gasteiger partial charge in [-0.1, -0.05) is 17.5 Å². The molecule has 1 aromatic rings. The minimum Gasteiger partial charge on any atom is -0.310 e. The zero-order valence-electron chi connectivity index (χ0n) is 11.6. The molecule has 2 aliphatic rings. The highest BCUT2D eigenvalue weighted by molar-refractivity contribution is 6.30. The van der Waals surface area contributed by atoms with E-state index in [1.807, 2.05) is 5.32 Å². The second kappa shape index (κ2) is 5.40. The summed E-state index contributed by atoms with van der Waals surface area (Å²) in [4.78, 5) is 11.7. The molecule has 1 fully saturated rings. The SMILES string of the molecule is O=C1Nc2ccc(Cl)cc2[C@](C#CC#CC2CC2)(C(F)(F)F)N1. The second-order valence-electron chi connectivity index (χ2n) is 5.31. The lowest BCUT2D eigenvalue weighted by Gasteiger charge is -2.37. The number of fused-ring (bicyclic) bond motifs is 1. The van der Waals surface area contributed by atoms with Gasteiger partial charge in [-0.05, 0) is 48.8 Å². The van der Waals surface area contributed by atoms with E-state index in [1.54, 1.807) is 0 Å². The molecule has 0 saturated heterocycles. The van der Waals surface area contributed by atoms with Crippen molar-refractivity contribution in [1.29, 1.82) is 0 Å². The van der Waals surface area contributed by atoms with E-state index in [9.17, 15) is 18.0 Å². The Bertz CT molecular complexity index is 794. The average molecular weight is 339 g/mol. The highest BCUT2D eigenvalue weighted by atomic mass is 35.5. The maximum absolute atomic E-state index is 13.7. The number of rotatable bonds is 0. The first-order valence-corrected chi connectivity index (χ1v) is 7.18. The van der Waals surface area contributed by atoms with Crippen molar-refractivity contribution >= 4 is 23.3 Å². The van der Waals surface area contributed by atoms with Gasteiger partial charge in [0.25, 0.3) is 0 Å². The zero-order valence-corrected chi connectivity index (χ0v) is 12.4. The van der Waals surface area contributed by atoms with Crippen molar-refractivity contribution in [3.05, 3.63) is 28.8 Å². The van der Waals surface area contributed by atoms with Crippen LogP contribution in [0.2, 0.25) is 5.02 Å². The summed E-state index contributed by atoms with van der Waals surface area (Å²) in [5.74, 6) is 9.75. The number of alkyl halides is 3. The van der Waals surface area contributed by atoms with Crippen molar-refractivity contribution in [2.45, 2.75) is 24.6 Å². The van der Waals surface area contributed by atoms with Crippen LogP contribution in [0.4, 0.5) is 23.7 Å². The molecule has 2 amide bonds. The van der Waals surface area contributed by atoms with Crippen LogP contribution in [-0.2, 0) is 5.54 Å². The number of urea groups is 1. The van der Waals surface area contributed by atoms with Gasteiger partial charge in [0.2, 0.25) is 5.54 Å². The molecule has 1 heterocycles. The summed E-state index contributed by atoms with van der Waals surface area (Å²) in [7, 11) is 0. The van der Waals surface area contributed by atoms with Crippen LogP contribution < -0.4 is 10.6 Å². The maximum Gasteiger partial charge on any atom is 0.427 e. The molecule has 1 atom stereocenters. The number of carbonyl (C=O) groups is 1. The molecule has 1 saturated carbocycles. The Labute approximate surface area is 135 Å². The number of hydrogen-bond donors (Lipinski definition) is 2. The molecule has 0 bridgehead atoms. The quantitative estimate of drug-likeness (QED) is 0.697. The van der Waals surface area contributed by atoms with Gasteiger partial charge >= 0.3 is 12.2 Å². The van der Waals surface area contributed by atoms with Gasteiger partial charge in [-0.25, -0.2) is 4.79 Å². The normalized spacial score (nSPS) is 22.5. The van der Waals surface area contributed by atoms with E-state index < -0.39 is 17.7 Å². The van der Waals surface area contributed by atoms with Crippen LogP contribution >= 0.6 is 11.6 Å². The first kappa shape index (κ1) is 15.6. The topological polar surface area (TPSA) is 41.1 Å². The van der Waals surface area contributed by atoms with Crippen LogP contribution in [0.3, 0.4) is 0 Å². The van der Waals surface area contributed by atoms with E-state index in [2.05, 4.69) is 29.0 Å². The number of halogens is 4. The molecule has 3 nitrogen and oxygen atoms in total. The molecule has 1 aromatic carbocycles. The van der Waals surface area contributed by atoms with Crippen molar-refractivity contribution in [3.63, 3.8) is 0 Å². The van der Waals surface area contributed by atoms with E-state index >= 15 is 0 Å². The van der Waals surface area contributed by atoms with Gasteiger partial charge in [0.15, 0.2) is 0 Å². The molecular weight excluding hydrogens is 329 g/mol. The van der Waals surface area contributed by atoms with Crippen LogP contribution in [0.15, 0.2) is 18.2 Å². The first-order chi connectivity index (χ1) is 10.8. The minimum atomic E-state index is -4.83. The number of nitrogens with one attached hydrogen (secondary N) is 2. The zero-order chi connectivity index (χ0) is 16.7. The first-order valence-electron chi connectivity index (χ1n) is 6.80. The minimum absolute atomic E-state index is 0.0138. The fourth-order valence-electron chi connectivity index (χ4n) is 2.21. The second-order valence-corrected chi connectivity index (χ2v) is 5.75. The number of amides is 2. The molecule has 7 heteroatoms. The van der Waals surface area contributed by atoms with Gasteiger partial charge in [0.1, 0.15) is 0 Å². The smallest absolute Gasteiger partial charge is 0.310 e. The van der Waals surface area contributed by atoms with E-state index in [0.29, 0.717) is 0 Å². The molecule has 0 aromatic heterocycles. The van der Waals surface area contributed by atoms with Gasteiger partial charge in [-0.15, -0.1) is 0 Å².